The minimum Gasteiger partial charge on any atom is -0.364 e. The van der Waals surface area contributed by atoms with Crippen molar-refractivity contribution in [2.75, 3.05) is 13.1 Å². The van der Waals surface area contributed by atoms with Crippen LogP contribution in [0.25, 0.3) is 0 Å². The van der Waals surface area contributed by atoms with E-state index in [-0.39, 0.29) is 11.2 Å². The van der Waals surface area contributed by atoms with E-state index in [1.54, 1.807) is 0 Å². The van der Waals surface area contributed by atoms with E-state index in [1.165, 1.54) is 31.0 Å². The summed E-state index contributed by atoms with van der Waals surface area (Å²) in [7, 11) is 0. The first kappa shape index (κ1) is 14.0. The molecular weight excluding hydrogens is 260 g/mol. The lowest BCUT2D eigenvalue weighted by Gasteiger charge is -2.41. The number of halogens is 2. The lowest BCUT2D eigenvalue weighted by atomic mass is 9.91. The van der Waals surface area contributed by atoms with E-state index >= 15 is 0 Å². The highest BCUT2D eigenvalue weighted by atomic mass is 19.1. The summed E-state index contributed by atoms with van der Waals surface area (Å²) >= 11 is 0. The first-order valence-electron chi connectivity index (χ1n) is 7.53. The molecule has 1 spiro atoms. The summed E-state index contributed by atoms with van der Waals surface area (Å²) in [6, 6.07) is 4.00. The molecule has 1 saturated carbocycles. The van der Waals surface area contributed by atoms with Crippen LogP contribution in [-0.4, -0.2) is 18.7 Å². The monoisotopic (exact) mass is 281 g/mol. The third-order valence-electron chi connectivity index (χ3n) is 4.51. The quantitative estimate of drug-likeness (QED) is 0.847. The van der Waals surface area contributed by atoms with Crippen molar-refractivity contribution in [2.24, 2.45) is 0 Å². The van der Waals surface area contributed by atoms with Gasteiger partial charge in [-0.15, -0.1) is 0 Å². The molecule has 2 nitrogen and oxygen atoms in total. The van der Waals surface area contributed by atoms with E-state index in [0.29, 0.717) is 6.54 Å². The van der Waals surface area contributed by atoms with Crippen LogP contribution in [0.3, 0.4) is 0 Å². The van der Waals surface area contributed by atoms with Gasteiger partial charge in [0.15, 0.2) is 0 Å². The van der Waals surface area contributed by atoms with E-state index in [9.17, 15) is 8.78 Å². The third-order valence-corrected chi connectivity index (χ3v) is 4.51. The zero-order valence-corrected chi connectivity index (χ0v) is 11.6. The normalized spacial score (nSPS) is 26.4. The van der Waals surface area contributed by atoms with E-state index in [1.807, 2.05) is 0 Å². The van der Waals surface area contributed by atoms with Crippen molar-refractivity contribution < 1.29 is 13.5 Å². The van der Waals surface area contributed by atoms with Gasteiger partial charge in [0.05, 0.1) is 11.2 Å². The van der Waals surface area contributed by atoms with Gasteiger partial charge >= 0.3 is 0 Å². The van der Waals surface area contributed by atoms with Crippen LogP contribution in [0.5, 0.6) is 0 Å². The maximum atomic E-state index is 13.9. The molecule has 0 amide bonds. The van der Waals surface area contributed by atoms with Crippen LogP contribution in [0.15, 0.2) is 18.2 Å². The third kappa shape index (κ3) is 2.72. The molecule has 1 aliphatic heterocycles. The van der Waals surface area contributed by atoms with Crippen LogP contribution in [0.2, 0.25) is 0 Å². The highest BCUT2D eigenvalue weighted by Gasteiger charge is 2.39. The largest absolute Gasteiger partial charge is 0.364 e. The van der Waals surface area contributed by atoms with Crippen LogP contribution in [-0.2, 0) is 4.74 Å². The molecule has 4 heteroatoms. The van der Waals surface area contributed by atoms with E-state index in [2.05, 4.69) is 5.32 Å². The van der Waals surface area contributed by atoms with Crippen molar-refractivity contribution in [1.82, 2.24) is 5.32 Å². The number of hydrogen-bond donors (Lipinski definition) is 1. The Morgan fingerprint density at radius 2 is 1.70 bits per heavy atom. The van der Waals surface area contributed by atoms with Gasteiger partial charge in [0.2, 0.25) is 0 Å². The molecule has 1 saturated heterocycles. The second kappa shape index (κ2) is 5.78. The van der Waals surface area contributed by atoms with Gasteiger partial charge in [0.25, 0.3) is 0 Å². The zero-order chi connectivity index (χ0) is 14.0. The summed E-state index contributed by atoms with van der Waals surface area (Å²) in [5, 5.41) is 3.32. The Morgan fingerprint density at radius 3 is 2.35 bits per heavy atom. The maximum absolute atomic E-state index is 13.9. The Morgan fingerprint density at radius 1 is 1.05 bits per heavy atom. The Bertz CT molecular complexity index is 449. The number of nitrogens with one attached hydrogen (secondary N) is 1. The van der Waals surface area contributed by atoms with Gasteiger partial charge in [-0.1, -0.05) is 31.7 Å². The molecule has 110 valence electrons. The van der Waals surface area contributed by atoms with Crippen molar-refractivity contribution in [3.05, 3.63) is 35.4 Å². The molecular formula is C16H21F2NO. The molecule has 20 heavy (non-hydrogen) atoms. The molecule has 1 N–H and O–H groups in total. The van der Waals surface area contributed by atoms with Crippen molar-refractivity contribution in [3.63, 3.8) is 0 Å². The maximum Gasteiger partial charge on any atom is 0.132 e. The van der Waals surface area contributed by atoms with Gasteiger partial charge in [-0.2, -0.15) is 0 Å². The average Bonchev–Trinajstić information content (AvgIpc) is 2.65. The molecule has 1 aliphatic carbocycles. The SMILES string of the molecule is Fc1cccc(F)c1C1CNCC2(CCCCCC2)O1. The summed E-state index contributed by atoms with van der Waals surface area (Å²) < 4.78 is 34.0. The second-order valence-electron chi connectivity index (χ2n) is 5.97. The van der Waals surface area contributed by atoms with Crippen molar-refractivity contribution >= 4 is 0 Å². The highest BCUT2D eigenvalue weighted by molar-refractivity contribution is 5.23. The van der Waals surface area contributed by atoms with Crippen molar-refractivity contribution in [3.8, 4) is 0 Å². The summed E-state index contributed by atoms with van der Waals surface area (Å²) in [4.78, 5) is 0. The average molecular weight is 281 g/mol. The number of hydrogen-bond acceptors (Lipinski definition) is 2. The van der Waals surface area contributed by atoms with Crippen LogP contribution < -0.4 is 5.32 Å². The fraction of sp³-hybridized carbons (Fsp3) is 0.625. The van der Waals surface area contributed by atoms with Crippen LogP contribution in [0.1, 0.15) is 50.2 Å². The molecule has 0 bridgehead atoms. The molecule has 1 atom stereocenters. The Labute approximate surface area is 118 Å². The highest BCUT2D eigenvalue weighted by Crippen LogP contribution is 2.38. The van der Waals surface area contributed by atoms with Crippen LogP contribution >= 0.6 is 0 Å². The number of morpholine rings is 1. The molecule has 1 aromatic carbocycles. The predicted octanol–water partition coefficient (Wildman–Crippen LogP) is 3.72. The first-order valence-corrected chi connectivity index (χ1v) is 7.53. The first-order chi connectivity index (χ1) is 9.70. The predicted molar refractivity (Wildman–Crippen MR) is 73.5 cm³/mol. The van der Waals surface area contributed by atoms with Gasteiger partial charge < -0.3 is 10.1 Å². The van der Waals surface area contributed by atoms with Crippen LogP contribution in [0, 0.1) is 11.6 Å². The lowest BCUT2D eigenvalue weighted by molar-refractivity contribution is -0.128. The Balaban J connectivity index is 1.84. The fourth-order valence-electron chi connectivity index (χ4n) is 3.46. The molecule has 1 unspecified atom stereocenters. The number of rotatable bonds is 1. The van der Waals surface area contributed by atoms with Crippen molar-refractivity contribution in [1.29, 1.82) is 0 Å². The molecule has 0 aromatic heterocycles. The summed E-state index contributed by atoms with van der Waals surface area (Å²) in [5.74, 6) is -1.02. The summed E-state index contributed by atoms with van der Waals surface area (Å²) in [6.07, 6.45) is 6.15. The van der Waals surface area contributed by atoms with Crippen molar-refractivity contribution in [2.45, 2.75) is 50.2 Å². The van der Waals surface area contributed by atoms with Gasteiger partial charge in [0, 0.05) is 13.1 Å². The molecule has 2 aliphatic rings. The number of ether oxygens (including phenoxy) is 1. The molecule has 1 heterocycles. The summed E-state index contributed by atoms with van der Waals surface area (Å²) in [6.45, 7) is 1.26. The minimum absolute atomic E-state index is 0.0725. The fourth-order valence-corrected chi connectivity index (χ4v) is 3.46. The zero-order valence-electron chi connectivity index (χ0n) is 11.6. The van der Waals surface area contributed by atoms with E-state index in [0.717, 1.165) is 32.2 Å². The Hall–Kier alpha value is -1.00. The van der Waals surface area contributed by atoms with Gasteiger partial charge in [-0.3, -0.25) is 0 Å². The molecule has 1 aromatic rings. The van der Waals surface area contributed by atoms with Gasteiger partial charge in [-0.25, -0.2) is 8.78 Å². The van der Waals surface area contributed by atoms with Crippen LogP contribution in [0.4, 0.5) is 8.78 Å². The topological polar surface area (TPSA) is 21.3 Å². The van der Waals surface area contributed by atoms with Gasteiger partial charge in [0.1, 0.15) is 17.7 Å². The Kier molecular flexibility index (Phi) is 4.03. The summed E-state index contributed by atoms with van der Waals surface area (Å²) in [5.41, 5.74) is -0.169. The minimum atomic E-state index is -0.525. The second-order valence-corrected chi connectivity index (χ2v) is 5.97. The van der Waals surface area contributed by atoms with Gasteiger partial charge in [-0.05, 0) is 25.0 Å². The smallest absolute Gasteiger partial charge is 0.132 e. The standard InChI is InChI=1S/C16H21F2NO/c17-12-6-5-7-13(18)15(12)14-10-19-11-16(20-14)8-3-1-2-4-9-16/h5-7,14,19H,1-4,8-11H2. The molecule has 2 fully saturated rings. The van der Waals surface area contributed by atoms with E-state index < -0.39 is 17.7 Å². The molecule has 0 radical (unpaired) electrons. The number of benzene rings is 1. The molecule has 3 rings (SSSR count). The lowest BCUT2D eigenvalue weighted by Crippen LogP contribution is -2.50. The van der Waals surface area contributed by atoms with E-state index in [4.69, 9.17) is 4.74 Å².